The Balaban J connectivity index is 1.54. The van der Waals surface area contributed by atoms with Gasteiger partial charge in [-0.15, -0.1) is 0 Å². The summed E-state index contributed by atoms with van der Waals surface area (Å²) in [6.07, 6.45) is 6.83. The van der Waals surface area contributed by atoms with Crippen LogP contribution in [0, 0.1) is 40.9 Å². The van der Waals surface area contributed by atoms with Crippen LogP contribution in [-0.4, -0.2) is 17.8 Å². The van der Waals surface area contributed by atoms with E-state index in [1.807, 2.05) is 0 Å². The smallest absolute Gasteiger partial charge is 0.309 e. The number of rotatable bonds is 0. The minimum absolute atomic E-state index is 0.118. The van der Waals surface area contributed by atoms with Crippen LogP contribution >= 0.6 is 12.6 Å². The molecule has 0 N–H and O–H groups in total. The first-order valence-corrected chi connectivity index (χ1v) is 8.05. The summed E-state index contributed by atoms with van der Waals surface area (Å²) in [5.41, 5.74) is 0.565. The van der Waals surface area contributed by atoms with E-state index in [1.54, 1.807) is 0 Å². The van der Waals surface area contributed by atoms with E-state index < -0.39 is 0 Å². The minimum Gasteiger partial charge on any atom is -0.465 e. The summed E-state index contributed by atoms with van der Waals surface area (Å²) in [7, 11) is 0. The third-order valence-electron chi connectivity index (χ3n) is 7.15. The lowest BCUT2D eigenvalue weighted by atomic mass is 9.58. The topological polar surface area (TPSA) is 26.3 Å². The summed E-state index contributed by atoms with van der Waals surface area (Å²) < 4.78 is 5.35. The first-order chi connectivity index (χ1) is 8.69. The first kappa shape index (κ1) is 10.6. The molecule has 4 saturated carbocycles. The Hall–Kier alpha value is -0.180. The molecule has 0 amide bonds. The van der Waals surface area contributed by atoms with Gasteiger partial charge in [-0.25, -0.2) is 0 Å². The number of cyclic esters (lactones) is 1. The highest BCUT2D eigenvalue weighted by molar-refractivity contribution is 7.81. The van der Waals surface area contributed by atoms with Gasteiger partial charge in [-0.2, -0.15) is 12.6 Å². The Labute approximate surface area is 113 Å². The van der Waals surface area contributed by atoms with Gasteiger partial charge in [-0.1, -0.05) is 0 Å². The molecule has 98 valence electrons. The van der Waals surface area contributed by atoms with Crippen molar-refractivity contribution in [2.24, 2.45) is 40.9 Å². The third kappa shape index (κ3) is 1.00. The van der Waals surface area contributed by atoms with Crippen molar-refractivity contribution in [2.45, 2.75) is 37.4 Å². The van der Waals surface area contributed by atoms with Crippen molar-refractivity contribution in [3.05, 3.63) is 0 Å². The van der Waals surface area contributed by atoms with Crippen LogP contribution in [0.1, 0.15) is 32.1 Å². The molecular formula is C15H20O2S. The predicted octanol–water partition coefficient (Wildman–Crippen LogP) is 2.53. The van der Waals surface area contributed by atoms with Gasteiger partial charge in [0.1, 0.15) is 0 Å². The van der Waals surface area contributed by atoms with E-state index in [2.05, 4.69) is 0 Å². The molecule has 8 unspecified atom stereocenters. The Morgan fingerprint density at radius 2 is 2.06 bits per heavy atom. The van der Waals surface area contributed by atoms with Crippen molar-refractivity contribution in [3.8, 4) is 0 Å². The van der Waals surface area contributed by atoms with Gasteiger partial charge in [0.25, 0.3) is 0 Å². The molecule has 2 nitrogen and oxygen atoms in total. The zero-order chi connectivity index (χ0) is 12.1. The van der Waals surface area contributed by atoms with E-state index >= 15 is 0 Å². The van der Waals surface area contributed by atoms with Crippen molar-refractivity contribution >= 4 is 18.6 Å². The number of thiol groups is 1. The second-order valence-electron chi connectivity index (χ2n) is 7.57. The number of carbonyl (C=O) groups excluding carboxylic acids is 1. The van der Waals surface area contributed by atoms with E-state index in [1.165, 1.54) is 32.1 Å². The van der Waals surface area contributed by atoms with Crippen molar-refractivity contribution in [1.29, 1.82) is 0 Å². The fraction of sp³-hybridized carbons (Fsp3) is 0.933. The standard InChI is InChI=1S/C15H20O2S/c16-14-13-8-3-10(9(13)6-17-14)15(5-8)4-7-1-11(15)12(18)2-7/h7-13,18H,1-6H2. The largest absolute Gasteiger partial charge is 0.465 e. The third-order valence-corrected chi connectivity index (χ3v) is 7.72. The second-order valence-corrected chi connectivity index (χ2v) is 8.24. The molecule has 4 aliphatic carbocycles. The summed E-state index contributed by atoms with van der Waals surface area (Å²) in [4.78, 5) is 11.8. The van der Waals surface area contributed by atoms with Gasteiger partial charge >= 0.3 is 5.97 Å². The van der Waals surface area contributed by atoms with Crippen LogP contribution in [0.15, 0.2) is 0 Å². The highest BCUT2D eigenvalue weighted by atomic mass is 32.1. The van der Waals surface area contributed by atoms with Gasteiger partial charge < -0.3 is 4.74 Å². The second kappa shape index (κ2) is 3.11. The van der Waals surface area contributed by atoms with Crippen LogP contribution in [0.2, 0.25) is 0 Å². The average molecular weight is 264 g/mol. The number of fused-ring (bicyclic) bond motifs is 9. The molecule has 8 atom stereocenters. The van der Waals surface area contributed by atoms with Gasteiger partial charge in [0.05, 0.1) is 12.5 Å². The highest BCUT2D eigenvalue weighted by Crippen LogP contribution is 2.73. The van der Waals surface area contributed by atoms with Crippen molar-refractivity contribution in [1.82, 2.24) is 0 Å². The summed E-state index contributed by atoms with van der Waals surface area (Å²) in [6.45, 7) is 0.723. The molecule has 1 heterocycles. The number of hydrogen-bond acceptors (Lipinski definition) is 3. The van der Waals surface area contributed by atoms with Gasteiger partial charge in [-0.3, -0.25) is 4.79 Å². The SMILES string of the molecule is O=C1OCC2C1C1CC2C2(CC3CC(S)C2C3)C1. The Morgan fingerprint density at radius 1 is 1.17 bits per heavy atom. The Morgan fingerprint density at radius 3 is 2.83 bits per heavy atom. The lowest BCUT2D eigenvalue weighted by Crippen LogP contribution is -2.44. The summed E-state index contributed by atoms with van der Waals surface area (Å²) >= 11 is 4.86. The van der Waals surface area contributed by atoms with Gasteiger partial charge in [-0.05, 0) is 61.2 Å². The van der Waals surface area contributed by atoms with Gasteiger partial charge in [0.2, 0.25) is 0 Å². The number of carbonyl (C=O) groups is 1. The Bertz CT molecular complexity index is 436. The van der Waals surface area contributed by atoms with Crippen LogP contribution in [0.4, 0.5) is 0 Å². The maximum atomic E-state index is 11.8. The molecule has 1 spiro atoms. The van der Waals surface area contributed by atoms with Crippen LogP contribution in [0.3, 0.4) is 0 Å². The van der Waals surface area contributed by atoms with Crippen molar-refractivity contribution < 1.29 is 9.53 Å². The van der Waals surface area contributed by atoms with Crippen molar-refractivity contribution in [2.75, 3.05) is 6.61 Å². The molecular weight excluding hydrogens is 244 g/mol. The van der Waals surface area contributed by atoms with Crippen molar-refractivity contribution in [3.63, 3.8) is 0 Å². The molecule has 18 heavy (non-hydrogen) atoms. The lowest BCUT2D eigenvalue weighted by Gasteiger charge is -2.46. The molecule has 5 rings (SSSR count). The maximum Gasteiger partial charge on any atom is 0.309 e. The molecule has 1 saturated heterocycles. The molecule has 4 bridgehead atoms. The van der Waals surface area contributed by atoms with Crippen LogP contribution in [0.5, 0.6) is 0 Å². The molecule has 0 aromatic rings. The monoisotopic (exact) mass is 264 g/mol. The Kier molecular flexibility index (Phi) is 1.83. The molecule has 0 radical (unpaired) electrons. The molecule has 0 aromatic carbocycles. The fourth-order valence-electron chi connectivity index (χ4n) is 6.87. The first-order valence-electron chi connectivity index (χ1n) is 7.54. The number of ether oxygens (including phenoxy) is 1. The normalized spacial score (nSPS) is 63.8. The lowest BCUT2D eigenvalue weighted by molar-refractivity contribution is -0.142. The van der Waals surface area contributed by atoms with E-state index in [9.17, 15) is 4.79 Å². The zero-order valence-electron chi connectivity index (χ0n) is 10.5. The van der Waals surface area contributed by atoms with Crippen LogP contribution < -0.4 is 0 Å². The summed E-state index contributed by atoms with van der Waals surface area (Å²) in [5.74, 6) is 4.17. The predicted molar refractivity (Wildman–Crippen MR) is 70.2 cm³/mol. The van der Waals surface area contributed by atoms with E-state index in [-0.39, 0.29) is 11.9 Å². The quantitative estimate of drug-likeness (QED) is 0.537. The fourth-order valence-corrected chi connectivity index (χ4v) is 7.59. The van der Waals surface area contributed by atoms with Crippen LogP contribution in [0.25, 0.3) is 0 Å². The molecule has 5 aliphatic rings. The highest BCUT2D eigenvalue weighted by Gasteiger charge is 2.70. The van der Waals surface area contributed by atoms with E-state index in [0.717, 1.165) is 24.4 Å². The molecule has 3 heteroatoms. The zero-order valence-corrected chi connectivity index (χ0v) is 11.4. The van der Waals surface area contributed by atoms with E-state index in [4.69, 9.17) is 17.4 Å². The van der Waals surface area contributed by atoms with Gasteiger partial charge in [0, 0.05) is 11.2 Å². The van der Waals surface area contributed by atoms with Crippen LogP contribution in [-0.2, 0) is 9.53 Å². The maximum absolute atomic E-state index is 11.8. The number of hydrogen-bond donors (Lipinski definition) is 1. The molecule has 0 aromatic heterocycles. The summed E-state index contributed by atoms with van der Waals surface area (Å²) in [6, 6.07) is 0. The summed E-state index contributed by atoms with van der Waals surface area (Å²) in [5, 5.41) is 0.638. The average Bonchev–Trinajstić information content (AvgIpc) is 3.04. The number of esters is 1. The van der Waals surface area contributed by atoms with Gasteiger partial charge in [0.15, 0.2) is 0 Å². The molecule has 5 fully saturated rings. The van der Waals surface area contributed by atoms with E-state index in [0.29, 0.717) is 22.5 Å². The molecule has 1 aliphatic heterocycles. The minimum atomic E-state index is 0.118.